The van der Waals surface area contributed by atoms with E-state index < -0.39 is 17.9 Å². The minimum Gasteiger partial charge on any atom is -0.434 e. The van der Waals surface area contributed by atoms with Crippen molar-refractivity contribution in [1.82, 2.24) is 29.3 Å². The van der Waals surface area contributed by atoms with E-state index in [0.717, 1.165) is 5.56 Å². The zero-order valence-corrected chi connectivity index (χ0v) is 24.9. The number of likely N-dealkylation sites (tertiary alicyclic amines) is 1. The molecule has 12 nitrogen and oxygen atoms in total. The van der Waals surface area contributed by atoms with Gasteiger partial charge in [0.2, 0.25) is 5.91 Å². The van der Waals surface area contributed by atoms with E-state index >= 15 is 0 Å². The van der Waals surface area contributed by atoms with Gasteiger partial charge in [0.1, 0.15) is 23.6 Å². The Hall–Kier alpha value is -5.55. The number of carbonyl (C=O) groups excluding carboxylic acids is 2. The number of nitrogen functional groups attached to an aromatic ring is 1. The molecule has 2 aromatic carbocycles. The maximum absolute atomic E-state index is 13.5. The van der Waals surface area contributed by atoms with Crippen LogP contribution in [0.2, 0.25) is 5.02 Å². The Balaban J connectivity index is 1.30. The van der Waals surface area contributed by atoms with Crippen molar-refractivity contribution in [2.75, 3.05) is 24.1 Å². The van der Waals surface area contributed by atoms with Gasteiger partial charge in [0, 0.05) is 42.3 Å². The standard InChI is InChI=1S/C31H26ClF2N9O3/c32-20-7-8-23(46-30(33)34)21(15-20)26-22(38-29(45)25-27(36)40-43-12-4-11-37-28(25)43)16-42(39-26)17-24(44)41-13-9-31(18-35,10-14-41)19-5-2-1-3-6-19/h1-8,11-12,15-16,30H,9-10,13-14,17H2,(H2,36,40)(H,38,45). The summed E-state index contributed by atoms with van der Waals surface area (Å²) in [6, 6.07) is 17.6. The molecule has 0 atom stereocenters. The number of aromatic nitrogens is 5. The first-order valence-corrected chi connectivity index (χ1v) is 14.5. The number of nitrogens with two attached hydrogens (primary N) is 1. The number of carbonyl (C=O) groups is 2. The van der Waals surface area contributed by atoms with Crippen molar-refractivity contribution in [2.24, 2.45) is 0 Å². The highest BCUT2D eigenvalue weighted by molar-refractivity contribution is 6.31. The number of nitrogens with zero attached hydrogens (tertiary/aromatic N) is 7. The Kier molecular flexibility index (Phi) is 8.25. The average molecular weight is 646 g/mol. The van der Waals surface area contributed by atoms with E-state index in [0.29, 0.717) is 25.9 Å². The fourth-order valence-electron chi connectivity index (χ4n) is 5.58. The molecule has 1 aliphatic heterocycles. The SMILES string of the molecule is N#CC1(c2ccccc2)CCN(C(=O)Cn2cc(NC(=O)c3c(N)nn4cccnc34)c(-c3cc(Cl)ccc3OC(F)F)n2)CC1. The van der Waals surface area contributed by atoms with Crippen LogP contribution in [-0.4, -0.2) is 60.8 Å². The first-order valence-electron chi connectivity index (χ1n) is 14.1. The van der Waals surface area contributed by atoms with E-state index in [9.17, 15) is 23.6 Å². The number of halogens is 3. The molecule has 0 saturated carbocycles. The zero-order valence-electron chi connectivity index (χ0n) is 24.1. The van der Waals surface area contributed by atoms with Crippen molar-refractivity contribution in [3.63, 3.8) is 0 Å². The Morgan fingerprint density at radius 3 is 2.61 bits per heavy atom. The van der Waals surface area contributed by atoms with Crippen molar-refractivity contribution in [1.29, 1.82) is 5.26 Å². The predicted molar refractivity (Wildman–Crippen MR) is 164 cm³/mol. The summed E-state index contributed by atoms with van der Waals surface area (Å²) in [5.74, 6) is -1.30. The molecule has 0 bridgehead atoms. The second-order valence-corrected chi connectivity index (χ2v) is 11.1. The topological polar surface area (TPSA) is 156 Å². The molecule has 4 heterocycles. The smallest absolute Gasteiger partial charge is 0.387 e. The zero-order chi connectivity index (χ0) is 32.4. The van der Waals surface area contributed by atoms with Crippen LogP contribution in [0, 0.1) is 11.3 Å². The molecular formula is C31H26ClF2N9O3. The number of hydrogen-bond donors (Lipinski definition) is 2. The monoisotopic (exact) mass is 645 g/mol. The number of benzene rings is 2. The average Bonchev–Trinajstić information content (AvgIpc) is 3.61. The third kappa shape index (κ3) is 5.92. The molecule has 0 radical (unpaired) electrons. The number of piperidine rings is 1. The molecule has 1 fully saturated rings. The number of nitriles is 1. The van der Waals surface area contributed by atoms with Gasteiger partial charge in [-0.05, 0) is 42.7 Å². The van der Waals surface area contributed by atoms with Gasteiger partial charge in [0.15, 0.2) is 11.5 Å². The van der Waals surface area contributed by atoms with Gasteiger partial charge in [-0.25, -0.2) is 9.50 Å². The summed E-state index contributed by atoms with van der Waals surface area (Å²) in [6.45, 7) is -2.69. The van der Waals surface area contributed by atoms with Crippen LogP contribution in [0.4, 0.5) is 20.3 Å². The summed E-state index contributed by atoms with van der Waals surface area (Å²) in [5, 5.41) is 21.5. The van der Waals surface area contributed by atoms with E-state index in [1.807, 2.05) is 30.3 Å². The van der Waals surface area contributed by atoms with Crippen LogP contribution in [0.15, 0.2) is 73.2 Å². The van der Waals surface area contributed by atoms with Crippen molar-refractivity contribution < 1.29 is 23.1 Å². The number of hydrogen-bond acceptors (Lipinski definition) is 8. The fraction of sp³-hybridized carbons (Fsp3) is 0.226. The summed E-state index contributed by atoms with van der Waals surface area (Å²) < 4.78 is 34.0. The van der Waals surface area contributed by atoms with Gasteiger partial charge in [-0.1, -0.05) is 41.9 Å². The fourth-order valence-corrected chi connectivity index (χ4v) is 5.76. The molecule has 15 heteroatoms. The molecule has 46 heavy (non-hydrogen) atoms. The lowest BCUT2D eigenvalue weighted by atomic mass is 9.74. The molecule has 234 valence electrons. The first kappa shape index (κ1) is 30.5. The maximum atomic E-state index is 13.5. The van der Waals surface area contributed by atoms with Crippen LogP contribution in [0.3, 0.4) is 0 Å². The van der Waals surface area contributed by atoms with Crippen molar-refractivity contribution in [3.05, 3.63) is 89.3 Å². The number of amides is 2. The number of ether oxygens (including phenoxy) is 1. The highest BCUT2D eigenvalue weighted by Crippen LogP contribution is 2.38. The molecule has 0 aliphatic carbocycles. The molecule has 2 amide bonds. The van der Waals surface area contributed by atoms with Crippen molar-refractivity contribution in [3.8, 4) is 23.1 Å². The van der Waals surface area contributed by atoms with E-state index in [-0.39, 0.29) is 57.2 Å². The van der Waals surface area contributed by atoms with E-state index in [4.69, 9.17) is 22.1 Å². The quantitative estimate of drug-likeness (QED) is 0.244. The van der Waals surface area contributed by atoms with Crippen LogP contribution >= 0.6 is 11.6 Å². The molecule has 1 aliphatic rings. The number of fused-ring (bicyclic) bond motifs is 1. The minimum atomic E-state index is -3.15. The van der Waals surface area contributed by atoms with Gasteiger partial charge in [-0.15, -0.1) is 5.10 Å². The van der Waals surface area contributed by atoms with Gasteiger partial charge in [0.05, 0.1) is 17.2 Å². The van der Waals surface area contributed by atoms with Gasteiger partial charge >= 0.3 is 6.61 Å². The summed E-state index contributed by atoms with van der Waals surface area (Å²) in [4.78, 5) is 32.8. The highest BCUT2D eigenvalue weighted by atomic mass is 35.5. The normalized spacial score (nSPS) is 14.3. The molecular weight excluding hydrogens is 620 g/mol. The maximum Gasteiger partial charge on any atom is 0.387 e. The molecule has 6 rings (SSSR count). The lowest BCUT2D eigenvalue weighted by Crippen LogP contribution is -2.45. The van der Waals surface area contributed by atoms with E-state index in [2.05, 4.69) is 26.6 Å². The number of anilines is 2. The largest absolute Gasteiger partial charge is 0.434 e. The Bertz CT molecular complexity index is 1970. The van der Waals surface area contributed by atoms with Gasteiger partial charge in [-0.3, -0.25) is 14.3 Å². The number of nitrogens with one attached hydrogen (secondary N) is 1. The highest BCUT2D eigenvalue weighted by Gasteiger charge is 2.37. The third-order valence-corrected chi connectivity index (χ3v) is 8.11. The summed E-state index contributed by atoms with van der Waals surface area (Å²) in [7, 11) is 0. The molecule has 0 unspecified atom stereocenters. The Labute approximate surface area is 265 Å². The van der Waals surface area contributed by atoms with Gasteiger partial charge in [-0.2, -0.15) is 19.1 Å². The summed E-state index contributed by atoms with van der Waals surface area (Å²) in [6.07, 6.45) is 5.36. The number of alkyl halides is 2. The lowest BCUT2D eigenvalue weighted by Gasteiger charge is -2.37. The number of rotatable bonds is 8. The third-order valence-electron chi connectivity index (χ3n) is 7.88. The molecule has 3 N–H and O–H groups in total. The Morgan fingerprint density at radius 1 is 1.13 bits per heavy atom. The summed E-state index contributed by atoms with van der Waals surface area (Å²) in [5.41, 5.74) is 6.57. The van der Waals surface area contributed by atoms with Crippen molar-refractivity contribution >= 4 is 40.6 Å². The molecule has 3 aromatic heterocycles. The molecule has 5 aromatic rings. The van der Waals surface area contributed by atoms with Crippen LogP contribution in [-0.2, 0) is 16.8 Å². The first-order chi connectivity index (χ1) is 22.2. The second-order valence-electron chi connectivity index (χ2n) is 10.7. The molecule has 1 saturated heterocycles. The van der Waals surface area contributed by atoms with Gasteiger partial charge in [0.25, 0.3) is 5.91 Å². The van der Waals surface area contributed by atoms with Gasteiger partial charge < -0.3 is 20.7 Å². The van der Waals surface area contributed by atoms with E-state index in [1.54, 1.807) is 17.2 Å². The van der Waals surface area contributed by atoms with Crippen LogP contribution < -0.4 is 15.8 Å². The lowest BCUT2D eigenvalue weighted by molar-refractivity contribution is -0.133. The summed E-state index contributed by atoms with van der Waals surface area (Å²) >= 11 is 6.22. The van der Waals surface area contributed by atoms with Crippen LogP contribution in [0.25, 0.3) is 16.9 Å². The van der Waals surface area contributed by atoms with Crippen LogP contribution in [0.5, 0.6) is 5.75 Å². The van der Waals surface area contributed by atoms with E-state index in [1.165, 1.54) is 39.8 Å². The van der Waals surface area contributed by atoms with Crippen LogP contribution in [0.1, 0.15) is 28.8 Å². The van der Waals surface area contributed by atoms with Crippen molar-refractivity contribution in [2.45, 2.75) is 31.4 Å². The minimum absolute atomic E-state index is 0.0155. The molecule has 0 spiro atoms. The second kappa shape index (κ2) is 12.4. The predicted octanol–water partition coefficient (Wildman–Crippen LogP) is 4.77. The Morgan fingerprint density at radius 2 is 1.89 bits per heavy atom.